The van der Waals surface area contributed by atoms with Crippen molar-refractivity contribution in [2.45, 2.75) is 50.0 Å². The molecule has 2 saturated carbocycles. The summed E-state index contributed by atoms with van der Waals surface area (Å²) in [6, 6.07) is 11.7. The van der Waals surface area contributed by atoms with Crippen molar-refractivity contribution >= 4 is 29.9 Å². The van der Waals surface area contributed by atoms with Crippen LogP contribution in [0.1, 0.15) is 44.1 Å². The minimum absolute atomic E-state index is 0. The molecule has 0 amide bonds. The van der Waals surface area contributed by atoms with Crippen LogP contribution in [0.2, 0.25) is 0 Å². The number of benzene rings is 1. The molecule has 1 aromatic carbocycles. The molecular weight excluding hydrogens is 423 g/mol. The maximum atomic E-state index is 4.38. The summed E-state index contributed by atoms with van der Waals surface area (Å²) in [4.78, 5) is 6.88. The predicted molar refractivity (Wildman–Crippen MR) is 117 cm³/mol. The lowest BCUT2D eigenvalue weighted by Crippen LogP contribution is -2.44. The van der Waals surface area contributed by atoms with Gasteiger partial charge in [-0.15, -0.1) is 24.0 Å². The quantitative estimate of drug-likeness (QED) is 0.376. The van der Waals surface area contributed by atoms with Crippen molar-refractivity contribution in [3.8, 4) is 0 Å². The highest BCUT2D eigenvalue weighted by Gasteiger charge is 2.43. The van der Waals surface area contributed by atoms with E-state index in [4.69, 9.17) is 0 Å². The summed E-state index contributed by atoms with van der Waals surface area (Å²) in [5, 5.41) is 7.01. The lowest BCUT2D eigenvalue weighted by molar-refractivity contribution is 0.249. The van der Waals surface area contributed by atoms with Gasteiger partial charge in [0.15, 0.2) is 5.96 Å². The number of nitrogens with one attached hydrogen (secondary N) is 2. The first-order valence-electron chi connectivity index (χ1n) is 9.44. The Kier molecular flexibility index (Phi) is 8.00. The summed E-state index contributed by atoms with van der Waals surface area (Å²) < 4.78 is 0. The van der Waals surface area contributed by atoms with Crippen LogP contribution in [0.5, 0.6) is 0 Å². The average Bonchev–Trinajstić information content (AvgIpc) is 3.21. The molecule has 2 N–H and O–H groups in total. The average molecular weight is 456 g/mol. The topological polar surface area (TPSA) is 39.7 Å². The van der Waals surface area contributed by atoms with Crippen LogP contribution in [0.4, 0.5) is 0 Å². The number of hydrogen-bond donors (Lipinski definition) is 2. The number of guanidine groups is 1. The van der Waals surface area contributed by atoms with Gasteiger partial charge in [-0.3, -0.25) is 4.99 Å². The summed E-state index contributed by atoms with van der Waals surface area (Å²) in [6.45, 7) is 3.00. The van der Waals surface area contributed by atoms with Gasteiger partial charge in [0.2, 0.25) is 0 Å². The van der Waals surface area contributed by atoms with E-state index >= 15 is 0 Å². The Bertz CT molecular complexity index is 536. The Balaban J connectivity index is 0.00000225. The molecule has 25 heavy (non-hydrogen) atoms. The third kappa shape index (κ3) is 5.58. The van der Waals surface area contributed by atoms with Crippen LogP contribution < -0.4 is 10.6 Å². The Hall–Kier alpha value is -0.820. The van der Waals surface area contributed by atoms with Crippen LogP contribution >= 0.6 is 24.0 Å². The first kappa shape index (κ1) is 20.5. The van der Waals surface area contributed by atoms with Crippen molar-refractivity contribution in [2.75, 3.05) is 33.7 Å². The van der Waals surface area contributed by atoms with E-state index in [0.29, 0.717) is 5.41 Å². The van der Waals surface area contributed by atoms with E-state index in [1.165, 1.54) is 44.1 Å². The molecule has 1 aromatic rings. The molecule has 0 bridgehead atoms. The van der Waals surface area contributed by atoms with Crippen LogP contribution in [-0.2, 0) is 5.41 Å². The smallest absolute Gasteiger partial charge is 0.191 e. The van der Waals surface area contributed by atoms with Crippen LogP contribution in [0.15, 0.2) is 35.3 Å². The largest absolute Gasteiger partial charge is 0.356 e. The van der Waals surface area contributed by atoms with Crippen molar-refractivity contribution < 1.29 is 0 Å². The first-order valence-corrected chi connectivity index (χ1v) is 9.44. The Morgan fingerprint density at radius 2 is 1.84 bits per heavy atom. The molecule has 0 unspecified atom stereocenters. The number of halogens is 1. The summed E-state index contributed by atoms with van der Waals surface area (Å²) >= 11 is 0. The van der Waals surface area contributed by atoms with Gasteiger partial charge in [-0.1, -0.05) is 43.2 Å². The van der Waals surface area contributed by atoms with Gasteiger partial charge in [0.25, 0.3) is 0 Å². The van der Waals surface area contributed by atoms with Gasteiger partial charge in [-0.05, 0) is 38.3 Å². The number of hydrogen-bond acceptors (Lipinski definition) is 2. The summed E-state index contributed by atoms with van der Waals surface area (Å²) in [5.41, 5.74) is 1.77. The summed E-state index contributed by atoms with van der Waals surface area (Å²) in [5.74, 6) is 0.928. The van der Waals surface area contributed by atoms with E-state index < -0.39 is 0 Å². The Labute approximate surface area is 169 Å². The van der Waals surface area contributed by atoms with E-state index in [0.717, 1.165) is 31.6 Å². The lowest BCUT2D eigenvalue weighted by Gasteiger charge is -2.25. The maximum Gasteiger partial charge on any atom is 0.191 e. The van der Waals surface area contributed by atoms with Gasteiger partial charge in [0.05, 0.1) is 0 Å². The van der Waals surface area contributed by atoms with Gasteiger partial charge in [0.1, 0.15) is 0 Å². The number of likely N-dealkylation sites (N-methyl/N-ethyl adjacent to an activating group) is 1. The van der Waals surface area contributed by atoms with Gasteiger partial charge in [0, 0.05) is 38.1 Å². The number of aliphatic imine (C=N–C) groups is 1. The van der Waals surface area contributed by atoms with Crippen molar-refractivity contribution in [1.29, 1.82) is 0 Å². The molecule has 0 aromatic heterocycles. The fourth-order valence-corrected chi connectivity index (χ4v) is 3.86. The zero-order chi connectivity index (χ0) is 16.8. The Morgan fingerprint density at radius 1 is 1.16 bits per heavy atom. The van der Waals surface area contributed by atoms with Gasteiger partial charge >= 0.3 is 0 Å². The SMILES string of the molecule is CN=C(NCCN(C)C1CCCC1)NCC1(c2ccccc2)CC1.I. The molecular formula is C20H33IN4. The Morgan fingerprint density at radius 3 is 2.44 bits per heavy atom. The lowest BCUT2D eigenvalue weighted by atomic mass is 9.96. The summed E-state index contributed by atoms with van der Waals surface area (Å²) in [7, 11) is 4.11. The molecule has 3 rings (SSSR count). The molecule has 140 valence electrons. The second-order valence-corrected chi connectivity index (χ2v) is 7.42. The zero-order valence-electron chi connectivity index (χ0n) is 15.6. The molecule has 4 nitrogen and oxygen atoms in total. The predicted octanol–water partition coefficient (Wildman–Crippen LogP) is 3.38. The van der Waals surface area contributed by atoms with E-state index in [-0.39, 0.29) is 24.0 Å². The van der Waals surface area contributed by atoms with E-state index in [2.05, 4.69) is 57.9 Å². The first-order chi connectivity index (χ1) is 11.7. The van der Waals surface area contributed by atoms with Crippen molar-refractivity contribution in [2.24, 2.45) is 4.99 Å². The fourth-order valence-electron chi connectivity index (χ4n) is 3.86. The molecule has 5 heteroatoms. The number of nitrogens with zero attached hydrogens (tertiary/aromatic N) is 2. The molecule has 2 aliphatic rings. The van der Waals surface area contributed by atoms with Crippen molar-refractivity contribution in [3.05, 3.63) is 35.9 Å². The monoisotopic (exact) mass is 456 g/mol. The fraction of sp³-hybridized carbons (Fsp3) is 0.650. The molecule has 0 spiro atoms. The number of rotatable bonds is 7. The molecule has 0 radical (unpaired) electrons. The van der Waals surface area contributed by atoms with Crippen molar-refractivity contribution in [1.82, 2.24) is 15.5 Å². The highest BCUT2D eigenvalue weighted by molar-refractivity contribution is 14.0. The van der Waals surface area contributed by atoms with E-state index in [9.17, 15) is 0 Å². The maximum absolute atomic E-state index is 4.38. The van der Waals surface area contributed by atoms with Crippen molar-refractivity contribution in [3.63, 3.8) is 0 Å². The molecule has 0 heterocycles. The third-order valence-electron chi connectivity index (χ3n) is 5.76. The van der Waals surface area contributed by atoms with Crippen LogP contribution in [-0.4, -0.2) is 50.6 Å². The van der Waals surface area contributed by atoms with Gasteiger partial charge < -0.3 is 15.5 Å². The standard InChI is InChI=1S/C20H32N4.HI/c1-21-19(22-14-15-24(2)18-10-6-7-11-18)23-16-20(12-13-20)17-8-4-3-5-9-17;/h3-5,8-9,18H,6-7,10-16H2,1-2H3,(H2,21,22,23);1H. The minimum atomic E-state index is 0. The normalized spacial score (nSPS) is 19.6. The zero-order valence-corrected chi connectivity index (χ0v) is 18.0. The summed E-state index contributed by atoms with van der Waals surface area (Å²) in [6.07, 6.45) is 8.06. The van der Waals surface area contributed by atoms with Gasteiger partial charge in [-0.25, -0.2) is 0 Å². The van der Waals surface area contributed by atoms with Gasteiger partial charge in [-0.2, -0.15) is 0 Å². The second-order valence-electron chi connectivity index (χ2n) is 7.42. The minimum Gasteiger partial charge on any atom is -0.356 e. The van der Waals surface area contributed by atoms with Crippen LogP contribution in [0.25, 0.3) is 0 Å². The molecule has 0 atom stereocenters. The highest BCUT2D eigenvalue weighted by Crippen LogP contribution is 2.47. The molecule has 2 aliphatic carbocycles. The second kappa shape index (κ2) is 9.76. The molecule has 0 saturated heterocycles. The highest BCUT2D eigenvalue weighted by atomic mass is 127. The molecule has 0 aliphatic heterocycles. The van der Waals surface area contributed by atoms with Crippen LogP contribution in [0, 0.1) is 0 Å². The molecule has 2 fully saturated rings. The van der Waals surface area contributed by atoms with Crippen LogP contribution in [0.3, 0.4) is 0 Å². The van der Waals surface area contributed by atoms with E-state index in [1.54, 1.807) is 0 Å². The third-order valence-corrected chi connectivity index (χ3v) is 5.76. The van der Waals surface area contributed by atoms with E-state index in [1.807, 2.05) is 7.05 Å².